The SMILES string of the molecule is Cc1ccc2c(c1)-c1ccccc1Cc1cc[c]([Al][N]([Al])[Al][I])cc1-c1ccccc1C2. The molecule has 0 heterocycles. The lowest BCUT2D eigenvalue weighted by Gasteiger charge is -2.22. The number of nitrogens with zero attached hydrogens (tertiary/aromatic N) is 1. The molecule has 0 amide bonds. The Morgan fingerprint density at radius 3 is 1.84 bits per heavy atom. The van der Waals surface area contributed by atoms with Gasteiger partial charge in [0.15, 0.2) is 0 Å². The van der Waals surface area contributed by atoms with Crippen LogP contribution in [0.15, 0.2) is 84.9 Å². The van der Waals surface area contributed by atoms with E-state index in [4.69, 9.17) is 0 Å². The van der Waals surface area contributed by atoms with E-state index in [0.717, 1.165) is 12.8 Å². The van der Waals surface area contributed by atoms with E-state index < -0.39 is 0 Å². The van der Waals surface area contributed by atoms with Crippen molar-refractivity contribution < 1.29 is 0 Å². The van der Waals surface area contributed by atoms with Gasteiger partial charge in [0.2, 0.25) is 16.5 Å². The third-order valence-electron chi connectivity index (χ3n) is 6.19. The minimum Gasteiger partial charge on any atom is -0.575 e. The van der Waals surface area contributed by atoms with Crippen LogP contribution in [-0.4, -0.2) is 46.0 Å². The Hall–Kier alpha value is -0.833. The van der Waals surface area contributed by atoms with Crippen LogP contribution < -0.4 is 4.43 Å². The second-order valence-corrected chi connectivity index (χ2v) is 14.8. The van der Waals surface area contributed by atoms with Crippen molar-refractivity contribution in [3.63, 3.8) is 0 Å². The normalized spacial score (nSPS) is 12.2. The Bertz CT molecular complexity index is 1290. The number of halogens is 1. The zero-order valence-corrected chi connectivity index (χ0v) is 23.7. The van der Waals surface area contributed by atoms with Crippen molar-refractivity contribution in [2.75, 3.05) is 0 Å². The van der Waals surface area contributed by atoms with Gasteiger partial charge in [-0.1, -0.05) is 90.5 Å². The molecular formula is C27H21Al3IN. The predicted octanol–water partition coefficient (Wildman–Crippen LogP) is 5.42. The van der Waals surface area contributed by atoms with Gasteiger partial charge in [-0.25, -0.2) is 0 Å². The first-order valence-corrected chi connectivity index (χ1v) is 17.1. The summed E-state index contributed by atoms with van der Waals surface area (Å²) in [6.45, 7) is 2.20. The molecule has 1 nitrogen and oxygen atoms in total. The van der Waals surface area contributed by atoms with Crippen LogP contribution in [0.5, 0.6) is 0 Å². The van der Waals surface area contributed by atoms with Gasteiger partial charge in [0.1, 0.15) is 0 Å². The first-order valence-electron chi connectivity index (χ1n) is 10.8. The first-order chi connectivity index (χ1) is 15.6. The van der Waals surface area contributed by atoms with Gasteiger partial charge in [0.25, 0.3) is 0 Å². The Labute approximate surface area is 223 Å². The van der Waals surface area contributed by atoms with Crippen molar-refractivity contribution in [1.82, 2.24) is 1.85 Å². The van der Waals surface area contributed by atoms with E-state index in [0.29, 0.717) is 12.2 Å². The maximum absolute atomic E-state index is 2.91. The molecule has 5 heteroatoms. The zero-order chi connectivity index (χ0) is 22.1. The minimum atomic E-state index is 0.125. The molecule has 0 spiro atoms. The topological polar surface area (TPSA) is 3.24 Å². The monoisotopic (exact) mass is 567 g/mol. The van der Waals surface area contributed by atoms with Crippen molar-refractivity contribution in [3.05, 3.63) is 113 Å². The molecule has 0 aromatic heterocycles. The van der Waals surface area contributed by atoms with Crippen molar-refractivity contribution in [3.8, 4) is 22.3 Å². The zero-order valence-electron chi connectivity index (χ0n) is 18.1. The van der Waals surface area contributed by atoms with E-state index in [-0.39, 0.29) is 15.4 Å². The molecule has 0 N–H and O–H groups in total. The predicted molar refractivity (Wildman–Crippen MR) is 147 cm³/mol. The van der Waals surface area contributed by atoms with Crippen LogP contribution in [-0.2, 0) is 12.8 Å². The smallest absolute Gasteiger partial charge is 0.382 e. The lowest BCUT2D eigenvalue weighted by Crippen LogP contribution is -2.34. The number of rotatable bonds is 3. The van der Waals surface area contributed by atoms with Gasteiger partial charge in [-0.05, 0) is 64.3 Å². The molecule has 1 aliphatic rings. The Kier molecular flexibility index (Phi) is 7.31. The highest BCUT2D eigenvalue weighted by atomic mass is 127. The molecule has 0 unspecified atom stereocenters. The summed E-state index contributed by atoms with van der Waals surface area (Å²) in [5.74, 6) is 0. The summed E-state index contributed by atoms with van der Waals surface area (Å²) in [7, 11) is 0. The molecular weight excluding hydrogens is 546 g/mol. The number of aryl methyl sites for hydroxylation is 1. The van der Waals surface area contributed by atoms with Crippen molar-refractivity contribution >= 4 is 68.8 Å². The Balaban J connectivity index is 1.74. The van der Waals surface area contributed by atoms with Crippen LogP contribution in [0, 0.1) is 6.92 Å². The summed E-state index contributed by atoms with van der Waals surface area (Å²) in [5, 5.41) is 0. The molecule has 4 aromatic rings. The fourth-order valence-corrected chi connectivity index (χ4v) is 8.13. The Morgan fingerprint density at radius 1 is 0.688 bits per heavy atom. The number of fused-ring (bicyclic) bond motifs is 6. The molecule has 0 atom stereocenters. The molecule has 0 aliphatic heterocycles. The third-order valence-corrected chi connectivity index (χ3v) is 14.7. The van der Waals surface area contributed by atoms with Crippen molar-refractivity contribution in [1.29, 1.82) is 0 Å². The second kappa shape index (κ2) is 10.2. The summed E-state index contributed by atoms with van der Waals surface area (Å²) in [4.78, 5) is 0. The van der Waals surface area contributed by atoms with Crippen molar-refractivity contribution in [2.24, 2.45) is 0 Å². The molecule has 4 aromatic carbocycles. The molecule has 150 valence electrons. The number of benzene rings is 4. The highest BCUT2D eigenvalue weighted by Gasteiger charge is 2.18. The van der Waals surface area contributed by atoms with Crippen LogP contribution in [0.25, 0.3) is 22.3 Å². The van der Waals surface area contributed by atoms with Crippen LogP contribution >= 0.6 is 20.3 Å². The molecule has 32 heavy (non-hydrogen) atoms. The maximum atomic E-state index is 2.91. The van der Waals surface area contributed by atoms with E-state index in [1.54, 1.807) is 0 Å². The molecule has 0 saturated heterocycles. The summed E-state index contributed by atoms with van der Waals surface area (Å²) < 4.78 is 3.89. The highest BCUT2D eigenvalue weighted by Crippen LogP contribution is 2.37. The lowest BCUT2D eigenvalue weighted by atomic mass is 9.83. The van der Waals surface area contributed by atoms with Gasteiger partial charge in [-0.15, -0.1) is 4.43 Å². The van der Waals surface area contributed by atoms with Crippen molar-refractivity contribution in [2.45, 2.75) is 19.8 Å². The summed E-state index contributed by atoms with van der Waals surface area (Å²) >= 11 is 5.86. The number of hydrogen-bond acceptors (Lipinski definition) is 1. The fourth-order valence-electron chi connectivity index (χ4n) is 4.66. The Morgan fingerprint density at radius 2 is 1.22 bits per heavy atom. The summed E-state index contributed by atoms with van der Waals surface area (Å²) in [5.41, 5.74) is 12.5. The van der Waals surface area contributed by atoms with Crippen LogP contribution in [0.3, 0.4) is 0 Å². The second-order valence-electron chi connectivity index (χ2n) is 8.42. The average molecular weight is 567 g/mol. The minimum absolute atomic E-state index is 0.125. The van der Waals surface area contributed by atoms with Gasteiger partial charge in [0, 0.05) is 0 Å². The van der Waals surface area contributed by atoms with Gasteiger partial charge in [0.05, 0.1) is 0 Å². The molecule has 4 radical (unpaired) electrons. The van der Waals surface area contributed by atoms with Gasteiger partial charge >= 0.3 is 27.6 Å². The third kappa shape index (κ3) is 4.84. The van der Waals surface area contributed by atoms with Gasteiger partial charge < -0.3 is 1.85 Å². The molecule has 0 saturated carbocycles. The maximum Gasteiger partial charge on any atom is 0.382 e. The number of hydrogen-bond donors (Lipinski definition) is 0. The van der Waals surface area contributed by atoms with E-state index in [9.17, 15) is 0 Å². The van der Waals surface area contributed by atoms with Crippen LogP contribution in [0.1, 0.15) is 27.8 Å². The molecule has 5 rings (SSSR count). The van der Waals surface area contributed by atoms with E-state index in [1.807, 2.05) is 0 Å². The quantitative estimate of drug-likeness (QED) is 0.208. The lowest BCUT2D eigenvalue weighted by molar-refractivity contribution is 1.14. The summed E-state index contributed by atoms with van der Waals surface area (Å²) in [6, 6.07) is 32.1. The first kappa shape index (κ1) is 22.9. The molecule has 1 aliphatic carbocycles. The van der Waals surface area contributed by atoms with E-state index in [2.05, 4.69) is 130 Å². The highest BCUT2D eigenvalue weighted by molar-refractivity contribution is 14.1. The standard InChI is InChI=1S/C27H21.3Al.HI.N/c1-19-14-15-23-18-21-9-3-6-12-25(21)24-11-5-2-8-20(24)17-22-10-4-7-13-26(22)27(23)16-19;;;;;/h2-4,6-16H,17-18H2,1H3;;;;1H;/q;;;+1;;/p-1. The molecule has 0 bridgehead atoms. The summed E-state index contributed by atoms with van der Waals surface area (Å²) in [6.07, 6.45) is 1.90. The van der Waals surface area contributed by atoms with Gasteiger partial charge in [-0.2, -0.15) is 20.3 Å². The van der Waals surface area contributed by atoms with Crippen LogP contribution in [0.4, 0.5) is 0 Å². The van der Waals surface area contributed by atoms with E-state index >= 15 is 0 Å². The molecule has 0 fully saturated rings. The average Bonchev–Trinajstić information content (AvgIpc) is 2.81. The largest absolute Gasteiger partial charge is 0.575 e. The van der Waals surface area contributed by atoms with E-state index in [1.165, 1.54) is 54.5 Å². The van der Waals surface area contributed by atoms with Crippen LogP contribution in [0.2, 0.25) is 0 Å². The van der Waals surface area contributed by atoms with Gasteiger partial charge in [-0.3, -0.25) is 0 Å². The fraction of sp³-hybridized carbons (Fsp3) is 0.111.